The average molecular weight is 413 g/mol. The first-order valence-electron chi connectivity index (χ1n) is 10.2. The summed E-state index contributed by atoms with van der Waals surface area (Å²) in [6, 6.07) is 7.67. The molecule has 1 aromatic heterocycles. The fraction of sp³-hybridized carbons (Fsp3) is 0.524. The van der Waals surface area contributed by atoms with Gasteiger partial charge in [-0.15, -0.1) is 0 Å². The molecule has 160 valence electrons. The molecule has 2 fully saturated rings. The number of carbonyl (C=O) groups is 2. The van der Waals surface area contributed by atoms with E-state index in [1.807, 2.05) is 24.3 Å². The van der Waals surface area contributed by atoms with Gasteiger partial charge in [-0.2, -0.15) is 5.10 Å². The SMILES string of the molecule is COc1cccc(CN2C[C@H](OCC3CC3)CN(C(=O)Cn3cncn3)CC2=O)c1. The van der Waals surface area contributed by atoms with Crippen molar-refractivity contribution in [3.63, 3.8) is 0 Å². The monoisotopic (exact) mass is 413 g/mol. The molecule has 0 unspecified atom stereocenters. The summed E-state index contributed by atoms with van der Waals surface area (Å²) in [6.45, 7) is 2.05. The van der Waals surface area contributed by atoms with Gasteiger partial charge in [0.25, 0.3) is 0 Å². The molecule has 1 aliphatic carbocycles. The molecule has 1 saturated carbocycles. The van der Waals surface area contributed by atoms with E-state index in [0.29, 0.717) is 32.2 Å². The van der Waals surface area contributed by atoms with Gasteiger partial charge in [0.15, 0.2) is 0 Å². The van der Waals surface area contributed by atoms with Crippen molar-refractivity contribution < 1.29 is 19.1 Å². The van der Waals surface area contributed by atoms with Crippen LogP contribution in [0.15, 0.2) is 36.9 Å². The maximum absolute atomic E-state index is 13.0. The highest BCUT2D eigenvalue weighted by atomic mass is 16.5. The van der Waals surface area contributed by atoms with E-state index >= 15 is 0 Å². The van der Waals surface area contributed by atoms with E-state index in [9.17, 15) is 9.59 Å². The lowest BCUT2D eigenvalue weighted by molar-refractivity contribution is -0.139. The summed E-state index contributed by atoms with van der Waals surface area (Å²) in [5.74, 6) is 1.09. The van der Waals surface area contributed by atoms with Crippen molar-refractivity contribution in [2.45, 2.75) is 32.0 Å². The van der Waals surface area contributed by atoms with Gasteiger partial charge in [-0.3, -0.25) is 9.59 Å². The summed E-state index contributed by atoms with van der Waals surface area (Å²) in [7, 11) is 1.62. The van der Waals surface area contributed by atoms with Crippen LogP contribution in [0.2, 0.25) is 0 Å². The van der Waals surface area contributed by atoms with Crippen molar-refractivity contribution >= 4 is 11.8 Å². The van der Waals surface area contributed by atoms with Crippen LogP contribution in [0.4, 0.5) is 0 Å². The van der Waals surface area contributed by atoms with Crippen LogP contribution < -0.4 is 4.74 Å². The van der Waals surface area contributed by atoms with E-state index in [-0.39, 0.29) is 31.0 Å². The predicted molar refractivity (Wildman–Crippen MR) is 107 cm³/mol. The Balaban J connectivity index is 1.47. The first-order valence-corrected chi connectivity index (χ1v) is 10.2. The number of benzene rings is 1. The zero-order chi connectivity index (χ0) is 20.9. The van der Waals surface area contributed by atoms with Crippen LogP contribution in [0.1, 0.15) is 18.4 Å². The number of nitrogens with zero attached hydrogens (tertiary/aromatic N) is 5. The van der Waals surface area contributed by atoms with E-state index < -0.39 is 0 Å². The van der Waals surface area contributed by atoms with Crippen molar-refractivity contribution in [2.24, 2.45) is 5.92 Å². The van der Waals surface area contributed by atoms with Gasteiger partial charge in [0.05, 0.1) is 19.8 Å². The van der Waals surface area contributed by atoms with Gasteiger partial charge in [-0.1, -0.05) is 12.1 Å². The Bertz CT molecular complexity index is 868. The molecule has 0 spiro atoms. The highest BCUT2D eigenvalue weighted by Gasteiger charge is 2.32. The lowest BCUT2D eigenvalue weighted by Gasteiger charge is -2.25. The van der Waals surface area contributed by atoms with Gasteiger partial charge in [-0.05, 0) is 36.5 Å². The van der Waals surface area contributed by atoms with Crippen molar-refractivity contribution in [1.29, 1.82) is 0 Å². The zero-order valence-corrected chi connectivity index (χ0v) is 17.1. The molecule has 1 saturated heterocycles. The van der Waals surface area contributed by atoms with E-state index in [1.54, 1.807) is 16.9 Å². The van der Waals surface area contributed by atoms with Crippen LogP contribution in [0.3, 0.4) is 0 Å². The lowest BCUT2D eigenvalue weighted by Crippen LogP contribution is -2.41. The number of methoxy groups -OCH3 is 1. The summed E-state index contributed by atoms with van der Waals surface area (Å²) in [5.41, 5.74) is 0.978. The molecule has 1 aromatic carbocycles. The van der Waals surface area contributed by atoms with Crippen molar-refractivity contribution in [3.05, 3.63) is 42.5 Å². The molecule has 0 N–H and O–H groups in total. The third-order valence-corrected chi connectivity index (χ3v) is 5.42. The first-order chi connectivity index (χ1) is 14.6. The topological polar surface area (TPSA) is 89.8 Å². The summed E-state index contributed by atoms with van der Waals surface area (Å²) < 4.78 is 12.9. The third kappa shape index (κ3) is 5.35. The Hall–Kier alpha value is -2.94. The minimum atomic E-state index is -0.220. The summed E-state index contributed by atoms with van der Waals surface area (Å²) in [6.07, 6.45) is 5.04. The van der Waals surface area contributed by atoms with Crippen LogP contribution in [0.25, 0.3) is 0 Å². The zero-order valence-electron chi connectivity index (χ0n) is 17.1. The second-order valence-electron chi connectivity index (χ2n) is 7.89. The normalized spacial score (nSPS) is 19.6. The number of amides is 2. The Labute approximate surface area is 175 Å². The second kappa shape index (κ2) is 9.25. The molecule has 0 bridgehead atoms. The van der Waals surface area contributed by atoms with Crippen molar-refractivity contribution in [1.82, 2.24) is 24.6 Å². The van der Waals surface area contributed by atoms with Gasteiger partial charge in [0.1, 0.15) is 24.9 Å². The highest BCUT2D eigenvalue weighted by Crippen LogP contribution is 2.29. The first kappa shape index (κ1) is 20.3. The molecule has 9 heteroatoms. The molecule has 30 heavy (non-hydrogen) atoms. The number of rotatable bonds is 8. The molecule has 9 nitrogen and oxygen atoms in total. The minimum absolute atomic E-state index is 0.0286. The Morgan fingerprint density at radius 3 is 2.87 bits per heavy atom. The van der Waals surface area contributed by atoms with E-state index in [0.717, 1.165) is 11.3 Å². The molecular formula is C21H27N5O4. The van der Waals surface area contributed by atoms with Gasteiger partial charge >= 0.3 is 0 Å². The molecule has 4 rings (SSSR count). The second-order valence-corrected chi connectivity index (χ2v) is 7.89. The quantitative estimate of drug-likeness (QED) is 0.640. The summed E-state index contributed by atoms with van der Waals surface area (Å²) in [5, 5.41) is 3.99. The van der Waals surface area contributed by atoms with Gasteiger partial charge < -0.3 is 19.3 Å². The van der Waals surface area contributed by atoms with Crippen LogP contribution in [-0.2, 0) is 27.4 Å². The molecule has 2 aliphatic rings. The Morgan fingerprint density at radius 1 is 1.27 bits per heavy atom. The van der Waals surface area contributed by atoms with Crippen LogP contribution in [-0.4, -0.2) is 75.8 Å². The van der Waals surface area contributed by atoms with E-state index in [2.05, 4.69) is 10.1 Å². The summed E-state index contributed by atoms with van der Waals surface area (Å²) in [4.78, 5) is 33.0. The molecule has 2 aromatic rings. The predicted octanol–water partition coefficient (Wildman–Crippen LogP) is 0.953. The van der Waals surface area contributed by atoms with Gasteiger partial charge in [-0.25, -0.2) is 9.67 Å². The maximum atomic E-state index is 13.0. The van der Waals surface area contributed by atoms with Crippen molar-refractivity contribution in [2.75, 3.05) is 33.4 Å². The van der Waals surface area contributed by atoms with Crippen LogP contribution in [0.5, 0.6) is 5.75 Å². The fourth-order valence-corrected chi connectivity index (χ4v) is 3.53. The number of hydrogen-bond acceptors (Lipinski definition) is 6. The highest BCUT2D eigenvalue weighted by molar-refractivity contribution is 5.85. The molecule has 2 heterocycles. The molecule has 2 amide bonds. The lowest BCUT2D eigenvalue weighted by atomic mass is 10.2. The Kier molecular flexibility index (Phi) is 6.27. The smallest absolute Gasteiger partial charge is 0.244 e. The number of carbonyl (C=O) groups excluding carboxylic acids is 2. The molecule has 0 radical (unpaired) electrons. The van der Waals surface area contributed by atoms with Crippen LogP contribution >= 0.6 is 0 Å². The van der Waals surface area contributed by atoms with Gasteiger partial charge in [0.2, 0.25) is 11.8 Å². The van der Waals surface area contributed by atoms with Crippen LogP contribution in [0, 0.1) is 5.92 Å². The number of hydrogen-bond donors (Lipinski definition) is 0. The standard InChI is InChI=1S/C21H27N5O4/c1-29-18-4-2-3-17(7-18)8-24-9-19(30-13-16-5-6-16)10-25(11-20(24)27)21(28)12-26-15-22-14-23-26/h2-4,7,14-16,19H,5-6,8-13H2,1H3/t19-/m0/s1. The molecule has 1 atom stereocenters. The van der Waals surface area contributed by atoms with E-state index in [1.165, 1.54) is 30.2 Å². The van der Waals surface area contributed by atoms with E-state index in [4.69, 9.17) is 9.47 Å². The fourth-order valence-electron chi connectivity index (χ4n) is 3.53. The van der Waals surface area contributed by atoms with Gasteiger partial charge in [0, 0.05) is 26.2 Å². The Morgan fingerprint density at radius 2 is 2.13 bits per heavy atom. The minimum Gasteiger partial charge on any atom is -0.497 e. The number of aromatic nitrogens is 3. The van der Waals surface area contributed by atoms with Crippen molar-refractivity contribution in [3.8, 4) is 5.75 Å². The largest absolute Gasteiger partial charge is 0.497 e. The molecular weight excluding hydrogens is 386 g/mol. The third-order valence-electron chi connectivity index (χ3n) is 5.42. The maximum Gasteiger partial charge on any atom is 0.244 e. The number of ether oxygens (including phenoxy) is 2. The molecule has 1 aliphatic heterocycles. The average Bonchev–Trinajstić information content (AvgIpc) is 3.47. The summed E-state index contributed by atoms with van der Waals surface area (Å²) >= 11 is 0.